The van der Waals surface area contributed by atoms with Crippen LogP contribution in [0.1, 0.15) is 16.7 Å². The van der Waals surface area contributed by atoms with Crippen LogP contribution in [0.2, 0.25) is 0 Å². The van der Waals surface area contributed by atoms with E-state index in [2.05, 4.69) is 5.32 Å². The molecule has 0 aromatic heterocycles. The summed E-state index contributed by atoms with van der Waals surface area (Å²) in [6.45, 7) is 1.36. The van der Waals surface area contributed by atoms with Crippen LogP contribution in [-0.4, -0.2) is 82.3 Å². The van der Waals surface area contributed by atoms with Crippen LogP contribution in [0.5, 0.6) is 23.0 Å². The van der Waals surface area contributed by atoms with Crippen LogP contribution < -0.4 is 24.3 Å². The minimum atomic E-state index is -3.69. The van der Waals surface area contributed by atoms with Gasteiger partial charge in [-0.3, -0.25) is 9.59 Å². The van der Waals surface area contributed by atoms with Gasteiger partial charge in [-0.2, -0.15) is 4.31 Å². The van der Waals surface area contributed by atoms with Crippen molar-refractivity contribution in [1.82, 2.24) is 14.5 Å². The van der Waals surface area contributed by atoms with Gasteiger partial charge in [-0.15, -0.1) is 0 Å². The van der Waals surface area contributed by atoms with E-state index in [0.29, 0.717) is 36.2 Å². The summed E-state index contributed by atoms with van der Waals surface area (Å²) in [4.78, 5) is 29.7. The van der Waals surface area contributed by atoms with E-state index in [1.807, 2.05) is 54.6 Å². The van der Waals surface area contributed by atoms with Crippen LogP contribution in [0.25, 0.3) is 0 Å². The van der Waals surface area contributed by atoms with Crippen molar-refractivity contribution in [2.75, 3.05) is 46.8 Å². The molecule has 0 unspecified atom stereocenters. The van der Waals surface area contributed by atoms with Crippen molar-refractivity contribution < 1.29 is 41.7 Å². The highest BCUT2D eigenvalue weighted by Crippen LogP contribution is 2.32. The van der Waals surface area contributed by atoms with Crippen molar-refractivity contribution in [2.45, 2.75) is 30.4 Å². The van der Waals surface area contributed by atoms with Crippen molar-refractivity contribution in [3.05, 3.63) is 114 Å². The zero-order chi connectivity index (χ0) is 34.9. The van der Waals surface area contributed by atoms with E-state index in [0.717, 1.165) is 16.7 Å². The molecule has 0 aliphatic carbocycles. The van der Waals surface area contributed by atoms with Crippen LogP contribution in [-0.2, 0) is 43.9 Å². The molecule has 262 valence electrons. The Hall–Kier alpha value is -5.11. The van der Waals surface area contributed by atoms with Gasteiger partial charge < -0.3 is 33.9 Å². The van der Waals surface area contributed by atoms with E-state index < -0.39 is 22.0 Å². The number of carbonyl (C=O) groups is 2. The van der Waals surface area contributed by atoms with Crippen molar-refractivity contribution in [3.63, 3.8) is 0 Å². The maximum absolute atomic E-state index is 14.1. The number of methoxy groups -OCH3 is 1. The number of fused-ring (bicyclic) bond motifs is 1. The second-order valence-corrected chi connectivity index (χ2v) is 13.7. The fourth-order valence-corrected chi connectivity index (χ4v) is 7.12. The molecule has 2 amide bonds. The van der Waals surface area contributed by atoms with E-state index in [9.17, 15) is 18.0 Å². The third-order valence-corrected chi connectivity index (χ3v) is 10.4. The molecule has 50 heavy (non-hydrogen) atoms. The predicted octanol–water partition coefficient (Wildman–Crippen LogP) is 3.78. The molecule has 4 aromatic rings. The fourth-order valence-electron chi connectivity index (χ4n) is 5.71. The van der Waals surface area contributed by atoms with Gasteiger partial charge in [0.15, 0.2) is 18.1 Å². The summed E-state index contributed by atoms with van der Waals surface area (Å²) in [5, 5.41) is 3.01. The van der Waals surface area contributed by atoms with Gasteiger partial charge in [-0.25, -0.2) is 8.42 Å². The molecule has 0 radical (unpaired) electrons. The van der Waals surface area contributed by atoms with Gasteiger partial charge in [-0.05, 0) is 65.2 Å². The second-order valence-electron chi connectivity index (χ2n) is 11.8. The minimum Gasteiger partial charge on any atom is -0.497 e. The number of nitrogens with zero attached hydrogens (tertiary/aromatic N) is 2. The van der Waals surface area contributed by atoms with E-state index in [1.54, 1.807) is 25.3 Å². The van der Waals surface area contributed by atoms with Gasteiger partial charge in [0, 0.05) is 32.6 Å². The number of hydrogen-bond acceptors (Lipinski definition) is 9. The first-order valence-electron chi connectivity index (χ1n) is 16.2. The Morgan fingerprint density at radius 2 is 1.52 bits per heavy atom. The normalized spacial score (nSPS) is 14.8. The van der Waals surface area contributed by atoms with Gasteiger partial charge in [0.2, 0.25) is 22.7 Å². The quantitative estimate of drug-likeness (QED) is 0.209. The molecule has 1 saturated heterocycles. The van der Waals surface area contributed by atoms with Crippen LogP contribution >= 0.6 is 0 Å². The molecular formula is C37H39N3O9S. The van der Waals surface area contributed by atoms with Crippen molar-refractivity contribution in [2.24, 2.45) is 0 Å². The van der Waals surface area contributed by atoms with Gasteiger partial charge in [0.25, 0.3) is 5.91 Å². The maximum Gasteiger partial charge on any atom is 0.261 e. The molecule has 4 aromatic carbocycles. The van der Waals surface area contributed by atoms with Gasteiger partial charge in [0.05, 0.1) is 25.2 Å². The predicted molar refractivity (Wildman–Crippen MR) is 183 cm³/mol. The lowest BCUT2D eigenvalue weighted by molar-refractivity contribution is -0.142. The lowest BCUT2D eigenvalue weighted by atomic mass is 10.0. The molecule has 1 fully saturated rings. The molecule has 2 aliphatic heterocycles. The zero-order valence-corrected chi connectivity index (χ0v) is 28.5. The van der Waals surface area contributed by atoms with E-state index in [4.69, 9.17) is 23.7 Å². The largest absolute Gasteiger partial charge is 0.497 e. The van der Waals surface area contributed by atoms with Gasteiger partial charge in [-0.1, -0.05) is 48.5 Å². The van der Waals surface area contributed by atoms with Crippen LogP contribution in [0.3, 0.4) is 0 Å². The third kappa shape index (κ3) is 8.54. The number of rotatable bonds is 14. The Labute approximate surface area is 291 Å². The monoisotopic (exact) mass is 701 g/mol. The van der Waals surface area contributed by atoms with Crippen molar-refractivity contribution in [3.8, 4) is 23.0 Å². The van der Waals surface area contributed by atoms with Crippen LogP contribution in [0, 0.1) is 0 Å². The Bertz CT molecular complexity index is 1860. The highest BCUT2D eigenvalue weighted by molar-refractivity contribution is 7.89. The Kier molecular flexibility index (Phi) is 11.2. The summed E-state index contributed by atoms with van der Waals surface area (Å²) < 4.78 is 54.9. The lowest BCUT2D eigenvalue weighted by Crippen LogP contribution is -2.51. The topological polar surface area (TPSA) is 133 Å². The molecule has 0 saturated carbocycles. The number of benzene rings is 4. The van der Waals surface area contributed by atoms with Crippen molar-refractivity contribution >= 4 is 21.8 Å². The third-order valence-electron chi connectivity index (χ3n) is 8.48. The summed E-state index contributed by atoms with van der Waals surface area (Å²) in [5.41, 5.74) is 2.48. The van der Waals surface area contributed by atoms with E-state index in [-0.39, 0.29) is 56.8 Å². The average Bonchev–Trinajstić information content (AvgIpc) is 3.63. The first kappa shape index (κ1) is 34.7. The number of amides is 2. The van der Waals surface area contributed by atoms with Gasteiger partial charge in [0.1, 0.15) is 17.5 Å². The summed E-state index contributed by atoms with van der Waals surface area (Å²) >= 11 is 0. The SMILES string of the molecule is COc1ccc(CN(C(=O)COc2ccc(S(=O)(=O)N3CCOCC3)cc2)[C@H](Cc2ccccc2)C(=O)NCc2ccc3c(c2)OCO3)cc1. The Morgan fingerprint density at radius 1 is 0.840 bits per heavy atom. The highest BCUT2D eigenvalue weighted by Gasteiger charge is 2.31. The number of hydrogen-bond donors (Lipinski definition) is 1. The number of morpholine rings is 1. The molecule has 1 atom stereocenters. The summed E-state index contributed by atoms with van der Waals surface area (Å²) in [6, 6.07) is 27.3. The molecule has 0 bridgehead atoms. The Balaban J connectivity index is 1.21. The average molecular weight is 702 g/mol. The summed E-state index contributed by atoms with van der Waals surface area (Å²) in [5.74, 6) is 1.47. The van der Waals surface area contributed by atoms with Crippen LogP contribution in [0.4, 0.5) is 0 Å². The molecular weight excluding hydrogens is 662 g/mol. The first-order chi connectivity index (χ1) is 24.3. The molecule has 2 aliphatic rings. The first-order valence-corrected chi connectivity index (χ1v) is 17.7. The summed E-state index contributed by atoms with van der Waals surface area (Å²) in [6.07, 6.45) is 0.254. The fraction of sp³-hybridized carbons (Fsp3) is 0.297. The van der Waals surface area contributed by atoms with Gasteiger partial charge >= 0.3 is 0 Å². The number of carbonyl (C=O) groups excluding carboxylic acids is 2. The molecule has 1 N–H and O–H groups in total. The molecule has 6 rings (SSSR count). The van der Waals surface area contributed by atoms with Crippen LogP contribution in [0.15, 0.2) is 102 Å². The molecule has 12 nitrogen and oxygen atoms in total. The smallest absolute Gasteiger partial charge is 0.261 e. The number of ether oxygens (including phenoxy) is 5. The molecule has 0 spiro atoms. The maximum atomic E-state index is 14.1. The minimum absolute atomic E-state index is 0.123. The molecule has 2 heterocycles. The summed E-state index contributed by atoms with van der Waals surface area (Å²) in [7, 11) is -2.11. The van der Waals surface area contributed by atoms with E-state index in [1.165, 1.54) is 33.5 Å². The standard InChI is InChI=1S/C37H39N3O9S/c1-45-30-10-7-28(8-11-30)24-40(36(41)25-47-31-12-14-32(15-13-31)50(43,44)39-17-19-46-20-18-39)33(21-27-5-3-2-4-6-27)37(42)38-23-29-9-16-34-35(22-29)49-26-48-34/h2-16,22,33H,17-21,23-26H2,1H3,(H,38,42)/t33-/m1/s1. The zero-order valence-electron chi connectivity index (χ0n) is 27.7. The second kappa shape index (κ2) is 16.1. The van der Waals surface area contributed by atoms with E-state index >= 15 is 0 Å². The lowest BCUT2D eigenvalue weighted by Gasteiger charge is -2.31. The van der Waals surface area contributed by atoms with Crippen molar-refractivity contribution in [1.29, 1.82) is 0 Å². The number of nitrogens with one attached hydrogen (secondary N) is 1. The highest BCUT2D eigenvalue weighted by atomic mass is 32.2. The molecule has 13 heteroatoms. The number of sulfonamides is 1. The Morgan fingerprint density at radius 3 is 2.24 bits per heavy atom.